The molecule has 1 aliphatic rings. The van der Waals surface area contributed by atoms with E-state index in [1.54, 1.807) is 24.3 Å². The maximum absolute atomic E-state index is 12.3. The van der Waals surface area contributed by atoms with E-state index in [9.17, 15) is 19.2 Å². The van der Waals surface area contributed by atoms with Gasteiger partial charge in [0.05, 0.1) is 0 Å². The average molecular weight is 409 g/mol. The van der Waals surface area contributed by atoms with Gasteiger partial charge < -0.3 is 10.1 Å². The molecule has 1 aliphatic heterocycles. The summed E-state index contributed by atoms with van der Waals surface area (Å²) in [5, 5.41) is 2.61. The third-order valence-electron chi connectivity index (χ3n) is 4.54. The van der Waals surface area contributed by atoms with Crippen LogP contribution in [0.4, 0.5) is 10.5 Å². The van der Waals surface area contributed by atoms with E-state index in [1.807, 2.05) is 38.1 Å². The predicted octanol–water partition coefficient (Wildman–Crippen LogP) is 3.32. The van der Waals surface area contributed by atoms with Crippen LogP contribution in [0.1, 0.15) is 25.3 Å². The Bertz CT molecular complexity index is 971. The highest BCUT2D eigenvalue weighted by Gasteiger charge is 2.44. The number of rotatable bonds is 8. The van der Waals surface area contributed by atoms with Gasteiger partial charge in [-0.3, -0.25) is 19.3 Å². The predicted molar refractivity (Wildman–Crippen MR) is 110 cm³/mol. The number of imide groups is 2. The third kappa shape index (κ3) is 4.83. The van der Waals surface area contributed by atoms with Crippen LogP contribution in [0.15, 0.2) is 48.5 Å². The molecule has 1 heterocycles. The first-order valence-electron chi connectivity index (χ1n) is 9.71. The Labute approximate surface area is 174 Å². The molecule has 0 aliphatic carbocycles. The maximum atomic E-state index is 12.3. The van der Waals surface area contributed by atoms with E-state index in [0.29, 0.717) is 28.5 Å². The van der Waals surface area contributed by atoms with Crippen LogP contribution in [-0.4, -0.2) is 46.6 Å². The van der Waals surface area contributed by atoms with E-state index in [4.69, 9.17) is 4.74 Å². The number of urea groups is 1. The molecule has 0 bridgehead atoms. The molecule has 1 saturated heterocycles. The van der Waals surface area contributed by atoms with Crippen molar-refractivity contribution in [3.05, 3.63) is 54.1 Å². The Kier molecular flexibility index (Phi) is 6.46. The molecule has 8 heteroatoms. The summed E-state index contributed by atoms with van der Waals surface area (Å²) in [7, 11) is 0. The molecule has 5 amide bonds. The first-order chi connectivity index (χ1) is 14.4. The first kappa shape index (κ1) is 21.0. The highest BCUT2D eigenvalue weighted by molar-refractivity contribution is 6.45. The number of benzene rings is 2. The van der Waals surface area contributed by atoms with Crippen LogP contribution in [0, 0.1) is 6.92 Å². The molecule has 0 unspecified atom stereocenters. The Morgan fingerprint density at radius 2 is 1.67 bits per heavy atom. The summed E-state index contributed by atoms with van der Waals surface area (Å²) in [6.45, 7) is 3.53. The largest absolute Gasteiger partial charge is 0.457 e. The molecule has 30 heavy (non-hydrogen) atoms. The maximum Gasteiger partial charge on any atom is 0.334 e. The van der Waals surface area contributed by atoms with Crippen molar-refractivity contribution in [3.63, 3.8) is 0 Å². The van der Waals surface area contributed by atoms with Gasteiger partial charge in [0.25, 0.3) is 0 Å². The standard InChI is InChI=1S/C22H23N3O5/c1-3-4-12-24-20(27)21(28)25(22(24)29)14-19(26)23-16-8-10-17(11-9-16)30-18-7-5-6-15(2)13-18/h5-11,13H,3-4,12,14H2,1-2H3,(H,23,26). The summed E-state index contributed by atoms with van der Waals surface area (Å²) in [6.07, 6.45) is 1.37. The van der Waals surface area contributed by atoms with Gasteiger partial charge in [0.2, 0.25) is 5.91 Å². The Morgan fingerprint density at radius 1 is 0.967 bits per heavy atom. The lowest BCUT2D eigenvalue weighted by Crippen LogP contribution is -2.39. The average Bonchev–Trinajstić information content (AvgIpc) is 2.91. The monoisotopic (exact) mass is 409 g/mol. The zero-order valence-electron chi connectivity index (χ0n) is 16.9. The van der Waals surface area contributed by atoms with Crippen LogP contribution in [0.3, 0.4) is 0 Å². The van der Waals surface area contributed by atoms with Crippen LogP contribution in [0.25, 0.3) is 0 Å². The molecule has 1 fully saturated rings. The number of nitrogens with zero attached hydrogens (tertiary/aromatic N) is 2. The highest BCUT2D eigenvalue weighted by atomic mass is 16.5. The Morgan fingerprint density at radius 3 is 2.33 bits per heavy atom. The number of unbranched alkanes of at least 4 members (excludes halogenated alkanes) is 1. The molecule has 0 spiro atoms. The van der Waals surface area contributed by atoms with Crippen LogP contribution in [-0.2, 0) is 14.4 Å². The lowest BCUT2D eigenvalue weighted by atomic mass is 10.2. The number of hydrogen-bond acceptors (Lipinski definition) is 5. The summed E-state index contributed by atoms with van der Waals surface area (Å²) in [6, 6.07) is 13.6. The minimum Gasteiger partial charge on any atom is -0.457 e. The van der Waals surface area contributed by atoms with Crippen molar-refractivity contribution in [1.29, 1.82) is 0 Å². The smallest absolute Gasteiger partial charge is 0.334 e. The third-order valence-corrected chi connectivity index (χ3v) is 4.54. The number of amides is 5. The molecule has 2 aromatic rings. The van der Waals surface area contributed by atoms with Crippen LogP contribution >= 0.6 is 0 Å². The molecule has 0 saturated carbocycles. The number of anilines is 1. The fraction of sp³-hybridized carbons (Fsp3) is 0.273. The van der Waals surface area contributed by atoms with Gasteiger partial charge in [-0.05, 0) is 55.3 Å². The normalized spacial score (nSPS) is 13.7. The van der Waals surface area contributed by atoms with E-state index in [-0.39, 0.29) is 6.54 Å². The topological polar surface area (TPSA) is 96.0 Å². The van der Waals surface area contributed by atoms with Gasteiger partial charge in [-0.25, -0.2) is 9.69 Å². The molecule has 0 aromatic heterocycles. The van der Waals surface area contributed by atoms with Crippen molar-refractivity contribution >= 4 is 29.4 Å². The first-order valence-corrected chi connectivity index (χ1v) is 9.71. The van der Waals surface area contributed by atoms with E-state index >= 15 is 0 Å². The number of aryl methyl sites for hydroxylation is 1. The van der Waals surface area contributed by atoms with Crippen LogP contribution in [0.2, 0.25) is 0 Å². The molecule has 156 valence electrons. The lowest BCUT2D eigenvalue weighted by molar-refractivity contribution is -0.143. The van der Waals surface area contributed by atoms with Crippen molar-refractivity contribution in [1.82, 2.24) is 9.80 Å². The molecular weight excluding hydrogens is 386 g/mol. The number of nitrogens with one attached hydrogen (secondary N) is 1. The van der Waals surface area contributed by atoms with Crippen molar-refractivity contribution in [2.75, 3.05) is 18.4 Å². The molecule has 3 rings (SSSR count). The van der Waals surface area contributed by atoms with Gasteiger partial charge in [-0.1, -0.05) is 25.5 Å². The van der Waals surface area contributed by atoms with Gasteiger partial charge in [0.15, 0.2) is 0 Å². The molecule has 0 atom stereocenters. The summed E-state index contributed by atoms with van der Waals surface area (Å²) in [5.41, 5.74) is 1.55. The molecule has 0 radical (unpaired) electrons. The fourth-order valence-corrected chi connectivity index (χ4v) is 2.97. The zero-order chi connectivity index (χ0) is 21.7. The number of ether oxygens (including phenoxy) is 1. The quantitative estimate of drug-likeness (QED) is 0.533. The zero-order valence-corrected chi connectivity index (χ0v) is 16.9. The fourth-order valence-electron chi connectivity index (χ4n) is 2.97. The SMILES string of the molecule is CCCCN1C(=O)C(=O)N(CC(=O)Nc2ccc(Oc3cccc(C)c3)cc2)C1=O. The van der Waals surface area contributed by atoms with E-state index in [2.05, 4.69) is 5.32 Å². The van der Waals surface area contributed by atoms with Crippen LogP contribution in [0.5, 0.6) is 11.5 Å². The minimum absolute atomic E-state index is 0.167. The molecule has 8 nitrogen and oxygen atoms in total. The summed E-state index contributed by atoms with van der Waals surface area (Å²) < 4.78 is 5.76. The summed E-state index contributed by atoms with van der Waals surface area (Å²) >= 11 is 0. The van der Waals surface area contributed by atoms with Crippen molar-refractivity contribution < 1.29 is 23.9 Å². The van der Waals surface area contributed by atoms with E-state index < -0.39 is 30.3 Å². The van der Waals surface area contributed by atoms with Crippen molar-refractivity contribution in [2.24, 2.45) is 0 Å². The number of carbonyl (C=O) groups is 4. The molecule has 1 N–H and O–H groups in total. The Balaban J connectivity index is 1.57. The van der Waals surface area contributed by atoms with Gasteiger partial charge in [0, 0.05) is 12.2 Å². The van der Waals surface area contributed by atoms with Crippen molar-refractivity contribution in [2.45, 2.75) is 26.7 Å². The number of hydrogen-bond donors (Lipinski definition) is 1. The second-order valence-corrected chi connectivity index (χ2v) is 6.98. The summed E-state index contributed by atoms with van der Waals surface area (Å²) in [4.78, 5) is 50.1. The van der Waals surface area contributed by atoms with Gasteiger partial charge in [-0.15, -0.1) is 0 Å². The van der Waals surface area contributed by atoms with Crippen LogP contribution < -0.4 is 10.1 Å². The minimum atomic E-state index is -0.979. The van der Waals surface area contributed by atoms with E-state index in [0.717, 1.165) is 16.9 Å². The molecular formula is C22H23N3O5. The number of carbonyl (C=O) groups excluding carboxylic acids is 4. The second-order valence-electron chi connectivity index (χ2n) is 6.98. The van der Waals surface area contributed by atoms with Crippen molar-refractivity contribution in [3.8, 4) is 11.5 Å². The van der Waals surface area contributed by atoms with Gasteiger partial charge in [0.1, 0.15) is 18.0 Å². The molecule has 2 aromatic carbocycles. The van der Waals surface area contributed by atoms with E-state index in [1.165, 1.54) is 0 Å². The lowest BCUT2D eigenvalue weighted by Gasteiger charge is -2.15. The van der Waals surface area contributed by atoms with Gasteiger partial charge >= 0.3 is 17.8 Å². The van der Waals surface area contributed by atoms with Gasteiger partial charge in [-0.2, -0.15) is 0 Å². The summed E-state index contributed by atoms with van der Waals surface area (Å²) in [5.74, 6) is -1.14. The highest BCUT2D eigenvalue weighted by Crippen LogP contribution is 2.23. The Hall–Kier alpha value is -3.68. The second kappa shape index (κ2) is 9.21.